The topological polar surface area (TPSA) is 17.1 Å². The Balaban J connectivity index is 2.90. The molecule has 0 N–H and O–H groups in total. The maximum atomic E-state index is 12.4. The van der Waals surface area contributed by atoms with Crippen LogP contribution >= 0.6 is 0 Å². The summed E-state index contributed by atoms with van der Waals surface area (Å²) in [5.74, 6) is -0.259. The third-order valence-corrected chi connectivity index (χ3v) is 1.65. The van der Waals surface area contributed by atoms with Crippen molar-refractivity contribution in [2.24, 2.45) is 0 Å². The first-order chi connectivity index (χ1) is 5.61. The highest BCUT2D eigenvalue weighted by Gasteiger charge is 2.09. The normalized spacial score (nSPS) is 10.2. The van der Waals surface area contributed by atoms with Crippen molar-refractivity contribution in [1.82, 2.24) is 0 Å². The van der Waals surface area contributed by atoms with Gasteiger partial charge < -0.3 is 0 Å². The van der Waals surface area contributed by atoms with Crippen LogP contribution in [0, 0.1) is 5.82 Å². The summed E-state index contributed by atoms with van der Waals surface area (Å²) in [6, 6.07) is 5.63. The predicted molar refractivity (Wildman–Crippen MR) is 51.6 cm³/mol. The lowest BCUT2D eigenvalue weighted by molar-refractivity contribution is 0.100. The lowest BCUT2D eigenvalue weighted by atomic mass is 9.67. The van der Waals surface area contributed by atoms with Crippen LogP contribution in [0.2, 0.25) is 5.72 Å². The number of halogens is 1. The number of rotatable bonds is 2. The van der Waals surface area contributed by atoms with Gasteiger partial charge in [0, 0.05) is 5.56 Å². The maximum absolute atomic E-state index is 12.4. The molecular formula is C8H9B2FO. The van der Waals surface area contributed by atoms with Crippen LogP contribution in [0.15, 0.2) is 24.3 Å². The van der Waals surface area contributed by atoms with Gasteiger partial charge in [-0.2, -0.15) is 0 Å². The Labute approximate surface area is 72.8 Å². The molecule has 0 spiro atoms. The summed E-state index contributed by atoms with van der Waals surface area (Å²) in [4.78, 5) is 11.3. The van der Waals surface area contributed by atoms with Crippen LogP contribution in [0.1, 0.15) is 10.4 Å². The van der Waals surface area contributed by atoms with E-state index < -0.39 is 0 Å². The Morgan fingerprint density at radius 1 is 1.25 bits per heavy atom. The van der Waals surface area contributed by atoms with Gasteiger partial charge in [-0.3, -0.25) is 4.79 Å². The quantitative estimate of drug-likeness (QED) is 0.442. The summed E-state index contributed by atoms with van der Waals surface area (Å²) in [6.45, 7) is 0. The third kappa shape index (κ3) is 1.97. The molecule has 0 amide bonds. The van der Waals surface area contributed by atoms with Gasteiger partial charge in [-0.25, -0.2) is 4.39 Å². The Morgan fingerprint density at radius 2 is 1.75 bits per heavy atom. The first-order valence-electron chi connectivity index (χ1n) is 3.91. The monoisotopic (exact) mass is 162 g/mol. The van der Waals surface area contributed by atoms with E-state index in [1.54, 1.807) is 0 Å². The van der Waals surface area contributed by atoms with E-state index >= 15 is 0 Å². The number of carbonyl (C=O) groups excluding carboxylic acids is 1. The van der Waals surface area contributed by atoms with E-state index in [4.69, 9.17) is 0 Å². The van der Waals surface area contributed by atoms with Crippen molar-refractivity contribution in [3.05, 3.63) is 35.6 Å². The molecule has 1 nitrogen and oxygen atoms in total. The molecule has 1 aromatic rings. The van der Waals surface area contributed by atoms with Gasteiger partial charge >= 0.3 is 0 Å². The van der Waals surface area contributed by atoms with Crippen LogP contribution in [0.25, 0.3) is 0 Å². The van der Waals surface area contributed by atoms with Gasteiger partial charge in [0.25, 0.3) is 0 Å². The van der Waals surface area contributed by atoms with E-state index in [2.05, 4.69) is 0 Å². The van der Waals surface area contributed by atoms with Gasteiger partial charge in [-0.15, -0.1) is 0 Å². The van der Waals surface area contributed by atoms with Crippen LogP contribution in [-0.2, 0) is 0 Å². The zero-order chi connectivity index (χ0) is 9.14. The molecule has 0 aromatic heterocycles. The molecule has 0 fully saturated rings. The van der Waals surface area contributed by atoms with Crippen LogP contribution in [0.5, 0.6) is 0 Å². The number of hydrogen-bond acceptors (Lipinski definition) is 1. The molecule has 0 aliphatic rings. The lowest BCUT2D eigenvalue weighted by Crippen LogP contribution is -2.08. The van der Waals surface area contributed by atoms with Crippen molar-refractivity contribution < 1.29 is 9.18 Å². The highest BCUT2D eigenvalue weighted by atomic mass is 19.1. The zero-order valence-corrected chi connectivity index (χ0v) is 7.17. The van der Waals surface area contributed by atoms with Gasteiger partial charge in [0.1, 0.15) is 21.5 Å². The predicted octanol–water partition coefficient (Wildman–Crippen LogP) is 0.0206. The Bertz CT molecular complexity index is 282. The Hall–Kier alpha value is -1.05. The molecule has 0 saturated heterocycles. The maximum Gasteiger partial charge on any atom is 0.150 e. The minimum Gasteiger partial charge on any atom is -0.295 e. The number of Topliss-reactive ketones (excluding diaryl/α,β-unsaturated/α-hetero) is 1. The van der Waals surface area contributed by atoms with E-state index in [0.717, 1.165) is 0 Å². The van der Waals surface area contributed by atoms with Crippen molar-refractivity contribution in [1.29, 1.82) is 0 Å². The average Bonchev–Trinajstić information content (AvgIpc) is 2.04. The van der Waals surface area contributed by atoms with Crippen molar-refractivity contribution in [3.63, 3.8) is 0 Å². The van der Waals surface area contributed by atoms with Gasteiger partial charge in [0.15, 0.2) is 5.78 Å². The van der Waals surface area contributed by atoms with Crippen molar-refractivity contribution in [2.75, 3.05) is 0 Å². The van der Waals surface area contributed by atoms with E-state index in [1.807, 2.05) is 15.7 Å². The second-order valence-corrected chi connectivity index (χ2v) is 3.03. The highest BCUT2D eigenvalue weighted by molar-refractivity contribution is 6.48. The van der Waals surface area contributed by atoms with Gasteiger partial charge in [-0.1, -0.05) is 0 Å². The second-order valence-electron chi connectivity index (χ2n) is 3.03. The zero-order valence-electron chi connectivity index (χ0n) is 7.17. The molecule has 0 aliphatic carbocycles. The molecule has 0 radical (unpaired) electrons. The Morgan fingerprint density at radius 3 is 2.17 bits per heavy atom. The van der Waals surface area contributed by atoms with Gasteiger partial charge in [0.05, 0.1) is 0 Å². The standard InChI is InChI=1S/C8H9B2FO/c9-8(10)7(12)5-1-3-6(11)4-2-5/h1-4,8H,9-10H2. The molecule has 0 aliphatic heterocycles. The van der Waals surface area contributed by atoms with E-state index in [1.165, 1.54) is 24.3 Å². The van der Waals surface area contributed by atoms with Crippen LogP contribution in [0.4, 0.5) is 4.39 Å². The number of carbonyl (C=O) groups is 1. The fourth-order valence-corrected chi connectivity index (χ4v) is 0.947. The van der Waals surface area contributed by atoms with Crippen molar-refractivity contribution in [2.45, 2.75) is 5.72 Å². The average molecular weight is 162 g/mol. The summed E-state index contributed by atoms with van der Waals surface area (Å²) in [7, 11) is 3.65. The summed E-state index contributed by atoms with van der Waals surface area (Å²) in [5, 5.41) is 0. The Kier molecular flexibility index (Phi) is 2.69. The van der Waals surface area contributed by atoms with E-state index in [-0.39, 0.29) is 17.3 Å². The van der Waals surface area contributed by atoms with E-state index in [9.17, 15) is 9.18 Å². The SMILES string of the molecule is BC(B)C(=O)c1ccc(F)cc1. The molecule has 0 unspecified atom stereocenters. The molecule has 1 rings (SSSR count). The highest BCUT2D eigenvalue weighted by Crippen LogP contribution is 2.08. The summed E-state index contributed by atoms with van der Waals surface area (Å²) >= 11 is 0. The van der Waals surface area contributed by atoms with Crippen molar-refractivity contribution in [3.8, 4) is 0 Å². The molecular weight excluding hydrogens is 153 g/mol. The van der Waals surface area contributed by atoms with Gasteiger partial charge in [-0.05, 0) is 30.0 Å². The first-order valence-corrected chi connectivity index (χ1v) is 3.91. The molecule has 0 heterocycles. The number of ketones is 1. The fourth-order valence-electron chi connectivity index (χ4n) is 0.947. The third-order valence-electron chi connectivity index (χ3n) is 1.65. The fraction of sp³-hybridized carbons (Fsp3) is 0.125. The van der Waals surface area contributed by atoms with Gasteiger partial charge in [0.2, 0.25) is 0 Å². The lowest BCUT2D eigenvalue weighted by Gasteiger charge is -2.02. The van der Waals surface area contributed by atoms with Crippen LogP contribution in [0.3, 0.4) is 0 Å². The van der Waals surface area contributed by atoms with Crippen LogP contribution < -0.4 is 0 Å². The van der Waals surface area contributed by atoms with E-state index in [0.29, 0.717) is 5.56 Å². The molecule has 0 bridgehead atoms. The molecule has 0 atom stereocenters. The summed E-state index contributed by atoms with van der Waals surface area (Å²) in [5.41, 5.74) is 0.543. The number of benzene rings is 1. The minimum absolute atomic E-state index is 0.0320. The largest absolute Gasteiger partial charge is 0.295 e. The minimum atomic E-state index is -0.310. The smallest absolute Gasteiger partial charge is 0.150 e. The molecule has 12 heavy (non-hydrogen) atoms. The summed E-state index contributed by atoms with van der Waals surface area (Å²) < 4.78 is 12.4. The molecule has 60 valence electrons. The second kappa shape index (κ2) is 3.57. The molecule has 1 aromatic carbocycles. The first kappa shape index (κ1) is 9.04. The molecule has 0 saturated carbocycles. The summed E-state index contributed by atoms with van der Waals surface area (Å²) in [6.07, 6.45) is 0. The van der Waals surface area contributed by atoms with Crippen molar-refractivity contribution >= 4 is 21.5 Å². The number of hydrogen-bond donors (Lipinski definition) is 0. The van der Waals surface area contributed by atoms with Crippen LogP contribution in [-0.4, -0.2) is 21.5 Å². The molecule has 4 heteroatoms.